The molecule has 0 aliphatic rings. The Morgan fingerprint density at radius 1 is 1.07 bits per heavy atom. The third kappa shape index (κ3) is 3.94. The van der Waals surface area contributed by atoms with E-state index in [1.54, 1.807) is 0 Å². The van der Waals surface area contributed by atoms with Crippen LogP contribution in [0.25, 0.3) is 10.4 Å². The Morgan fingerprint density at radius 3 is 2.40 bits per heavy atom. The fourth-order valence-corrected chi connectivity index (χ4v) is 3.88. The zero-order valence-electron chi connectivity index (χ0n) is 15.8. The van der Waals surface area contributed by atoms with Crippen molar-refractivity contribution in [2.45, 2.75) is 6.04 Å². The summed E-state index contributed by atoms with van der Waals surface area (Å²) in [6, 6.07) is 17.6. The van der Waals surface area contributed by atoms with Gasteiger partial charge < -0.3 is 4.74 Å². The Hall–Kier alpha value is -3.92. The molecule has 0 aliphatic heterocycles. The van der Waals surface area contributed by atoms with E-state index in [0.29, 0.717) is 10.4 Å². The van der Waals surface area contributed by atoms with E-state index in [2.05, 4.69) is 25.8 Å². The number of anilines is 1. The summed E-state index contributed by atoms with van der Waals surface area (Å²) in [5.41, 5.74) is 1.65. The number of benzene rings is 2. The molecule has 2 heterocycles. The second-order valence-corrected chi connectivity index (χ2v) is 7.15. The van der Waals surface area contributed by atoms with Crippen LogP contribution in [0.15, 0.2) is 67.0 Å². The quantitative estimate of drug-likeness (QED) is 0.477. The van der Waals surface area contributed by atoms with E-state index in [4.69, 9.17) is 4.74 Å². The van der Waals surface area contributed by atoms with Crippen molar-refractivity contribution < 1.29 is 14.3 Å². The molecule has 2 aromatic heterocycles. The van der Waals surface area contributed by atoms with Gasteiger partial charge in [-0.2, -0.15) is 0 Å². The van der Waals surface area contributed by atoms with Gasteiger partial charge in [0, 0.05) is 0 Å². The van der Waals surface area contributed by atoms with Gasteiger partial charge in [-0.3, -0.25) is 10.1 Å². The van der Waals surface area contributed by atoms with Crippen molar-refractivity contribution in [1.82, 2.24) is 25.2 Å². The topological polar surface area (TPSA) is 112 Å². The molecule has 30 heavy (non-hydrogen) atoms. The maximum atomic E-state index is 13.1. The summed E-state index contributed by atoms with van der Waals surface area (Å²) >= 11 is 1.19. The number of nitrogens with zero attached hydrogens (tertiary/aromatic N) is 5. The first-order valence-corrected chi connectivity index (χ1v) is 9.72. The smallest absolute Gasteiger partial charge is 0.358 e. The summed E-state index contributed by atoms with van der Waals surface area (Å²) in [7, 11) is 1.29. The predicted octanol–water partition coefficient (Wildman–Crippen LogP) is 2.81. The number of tetrazole rings is 1. The Kier molecular flexibility index (Phi) is 5.57. The summed E-state index contributed by atoms with van der Waals surface area (Å²) < 4.78 is 6.21. The Morgan fingerprint density at radius 2 is 1.77 bits per heavy atom. The van der Waals surface area contributed by atoms with Gasteiger partial charge in [-0.05, 0) is 21.6 Å². The fourth-order valence-electron chi connectivity index (χ4n) is 2.91. The Labute approximate surface area is 175 Å². The van der Waals surface area contributed by atoms with Gasteiger partial charge in [0.2, 0.25) is 0 Å². The lowest BCUT2D eigenvalue weighted by molar-refractivity contribution is -0.118. The van der Waals surface area contributed by atoms with Crippen molar-refractivity contribution in [3.63, 3.8) is 0 Å². The second-order valence-electron chi connectivity index (χ2n) is 6.15. The molecule has 0 saturated heterocycles. The van der Waals surface area contributed by atoms with Crippen LogP contribution < -0.4 is 5.32 Å². The minimum atomic E-state index is -0.799. The van der Waals surface area contributed by atoms with Crippen molar-refractivity contribution in [1.29, 1.82) is 0 Å². The van der Waals surface area contributed by atoms with E-state index >= 15 is 0 Å². The van der Waals surface area contributed by atoms with Crippen LogP contribution >= 0.6 is 11.3 Å². The SMILES string of the molecule is COC(=O)c1nc(NC(=O)[C@@H](c2ccccc2)n2cnnn2)sc1-c1ccccc1. The average molecular weight is 420 g/mol. The Bertz CT molecular complexity index is 1150. The second kappa shape index (κ2) is 8.62. The molecule has 0 fully saturated rings. The van der Waals surface area contributed by atoms with Crippen LogP contribution in [-0.4, -0.2) is 44.2 Å². The lowest BCUT2D eigenvalue weighted by atomic mass is 10.1. The van der Waals surface area contributed by atoms with Gasteiger partial charge in [-0.25, -0.2) is 14.5 Å². The van der Waals surface area contributed by atoms with Crippen molar-refractivity contribution in [3.8, 4) is 10.4 Å². The van der Waals surface area contributed by atoms with Crippen LogP contribution in [0.4, 0.5) is 5.13 Å². The minimum absolute atomic E-state index is 0.141. The third-order valence-electron chi connectivity index (χ3n) is 4.27. The summed E-state index contributed by atoms with van der Waals surface area (Å²) in [6.45, 7) is 0. The van der Waals surface area contributed by atoms with Gasteiger partial charge in [0.15, 0.2) is 16.9 Å². The molecule has 9 nitrogen and oxygen atoms in total. The molecule has 1 atom stereocenters. The summed E-state index contributed by atoms with van der Waals surface area (Å²) in [4.78, 5) is 30.3. The number of nitrogens with one attached hydrogen (secondary N) is 1. The van der Waals surface area contributed by atoms with Crippen LogP contribution in [0.2, 0.25) is 0 Å². The molecule has 0 bridgehead atoms. The zero-order valence-corrected chi connectivity index (χ0v) is 16.6. The molecule has 0 aliphatic carbocycles. The highest BCUT2D eigenvalue weighted by Crippen LogP contribution is 2.34. The van der Waals surface area contributed by atoms with Gasteiger partial charge in [0.05, 0.1) is 12.0 Å². The largest absolute Gasteiger partial charge is 0.464 e. The normalized spacial score (nSPS) is 11.6. The summed E-state index contributed by atoms with van der Waals surface area (Å²) in [5, 5.41) is 14.2. The average Bonchev–Trinajstić information content (AvgIpc) is 3.45. The zero-order chi connectivity index (χ0) is 20.9. The lowest BCUT2D eigenvalue weighted by Gasteiger charge is -2.15. The van der Waals surface area contributed by atoms with Crippen molar-refractivity contribution in [2.75, 3.05) is 12.4 Å². The molecule has 0 radical (unpaired) electrons. The van der Waals surface area contributed by atoms with Crippen LogP contribution in [0.3, 0.4) is 0 Å². The molecule has 4 aromatic rings. The highest BCUT2D eigenvalue weighted by atomic mass is 32.1. The number of hydrogen-bond acceptors (Lipinski definition) is 8. The maximum Gasteiger partial charge on any atom is 0.358 e. The number of carbonyl (C=O) groups is 2. The number of rotatable bonds is 6. The number of amides is 1. The monoisotopic (exact) mass is 420 g/mol. The number of aromatic nitrogens is 5. The summed E-state index contributed by atoms with van der Waals surface area (Å²) in [6.07, 6.45) is 1.37. The van der Waals surface area contributed by atoms with E-state index in [1.807, 2.05) is 60.7 Å². The van der Waals surface area contributed by atoms with E-state index in [9.17, 15) is 9.59 Å². The van der Waals surface area contributed by atoms with E-state index in [0.717, 1.165) is 5.56 Å². The molecular weight excluding hydrogens is 404 g/mol. The highest BCUT2D eigenvalue weighted by molar-refractivity contribution is 7.19. The fraction of sp³-hybridized carbons (Fsp3) is 0.100. The molecule has 0 unspecified atom stereocenters. The van der Waals surface area contributed by atoms with E-state index in [-0.39, 0.29) is 10.8 Å². The van der Waals surface area contributed by atoms with Crippen molar-refractivity contribution in [2.24, 2.45) is 0 Å². The first-order chi connectivity index (χ1) is 14.7. The standard InChI is InChI=1S/C20H16N6O3S/c1-29-19(28)15-17(14-10-6-3-7-11-14)30-20(22-15)23-18(27)16(26-12-21-24-25-26)13-8-4-2-5-9-13/h2-12,16H,1H3,(H,22,23,27)/t16-/m1/s1. The van der Waals surface area contributed by atoms with Crippen molar-refractivity contribution in [3.05, 3.63) is 78.2 Å². The number of hydrogen-bond donors (Lipinski definition) is 1. The van der Waals surface area contributed by atoms with Crippen LogP contribution in [-0.2, 0) is 9.53 Å². The molecule has 0 saturated carbocycles. The van der Waals surface area contributed by atoms with Crippen LogP contribution in [0.5, 0.6) is 0 Å². The third-order valence-corrected chi connectivity index (χ3v) is 5.28. The van der Waals surface area contributed by atoms with Crippen LogP contribution in [0, 0.1) is 0 Å². The number of ether oxygens (including phenoxy) is 1. The van der Waals surface area contributed by atoms with Gasteiger partial charge in [-0.15, -0.1) is 5.10 Å². The van der Waals surface area contributed by atoms with E-state index in [1.165, 1.54) is 29.5 Å². The number of thiazole rings is 1. The molecule has 0 spiro atoms. The lowest BCUT2D eigenvalue weighted by Crippen LogP contribution is -2.27. The molecular formula is C20H16N6O3S. The molecule has 1 amide bonds. The molecule has 2 aromatic carbocycles. The minimum Gasteiger partial charge on any atom is -0.464 e. The summed E-state index contributed by atoms with van der Waals surface area (Å²) in [5.74, 6) is -0.969. The molecule has 1 N–H and O–H groups in total. The van der Waals surface area contributed by atoms with Gasteiger partial charge in [-0.1, -0.05) is 72.0 Å². The number of methoxy groups -OCH3 is 1. The van der Waals surface area contributed by atoms with Crippen LogP contribution in [0.1, 0.15) is 22.1 Å². The maximum absolute atomic E-state index is 13.1. The molecule has 150 valence electrons. The molecule has 4 rings (SSSR count). The number of carbonyl (C=O) groups excluding carboxylic acids is 2. The highest BCUT2D eigenvalue weighted by Gasteiger charge is 2.27. The predicted molar refractivity (Wildman–Crippen MR) is 110 cm³/mol. The van der Waals surface area contributed by atoms with Gasteiger partial charge >= 0.3 is 5.97 Å². The van der Waals surface area contributed by atoms with Gasteiger partial charge in [0.1, 0.15) is 6.33 Å². The van der Waals surface area contributed by atoms with Gasteiger partial charge in [0.25, 0.3) is 5.91 Å². The first kappa shape index (κ1) is 19.4. The first-order valence-electron chi connectivity index (χ1n) is 8.90. The Balaban J connectivity index is 1.68. The van der Waals surface area contributed by atoms with Crippen molar-refractivity contribution >= 4 is 28.3 Å². The van der Waals surface area contributed by atoms with E-state index < -0.39 is 17.9 Å². The molecule has 10 heteroatoms. The number of esters is 1.